The third-order valence-corrected chi connectivity index (χ3v) is 20.3. The number of aromatic nitrogens is 3. The van der Waals surface area contributed by atoms with Crippen LogP contribution in [0.4, 0.5) is 4.39 Å². The number of aliphatic hydroxyl groups excluding tert-OH is 3. The first-order valence-electron chi connectivity index (χ1n) is 35.1. The Morgan fingerprint density at radius 2 is 0.856 bits per heavy atom. The molecule has 0 aliphatic heterocycles. The molecule has 111 heavy (non-hydrogen) atoms. The van der Waals surface area contributed by atoms with Gasteiger partial charge in [0.25, 0.3) is 0 Å². The van der Waals surface area contributed by atoms with Crippen LogP contribution in [-0.2, 0) is 85.5 Å². The van der Waals surface area contributed by atoms with Crippen molar-refractivity contribution in [3.05, 3.63) is 307 Å². The monoisotopic (exact) mass is 2060 g/mol. The van der Waals surface area contributed by atoms with Gasteiger partial charge in [-0.05, 0) is 138 Å². The maximum absolute atomic E-state index is 13.2. The second-order valence-corrected chi connectivity index (χ2v) is 31.4. The van der Waals surface area contributed by atoms with E-state index in [-0.39, 0.29) is 112 Å². The third kappa shape index (κ3) is 24.2. The number of rotatable bonds is 10. The van der Waals surface area contributed by atoms with Gasteiger partial charge in [-0.25, -0.2) is 4.39 Å². The summed E-state index contributed by atoms with van der Waals surface area (Å²) >= 11 is 5.25. The van der Waals surface area contributed by atoms with Gasteiger partial charge < -0.3 is 34.7 Å². The molecule has 7 aromatic heterocycles. The second-order valence-electron chi connectivity index (χ2n) is 28.2. The Morgan fingerprint density at radius 3 is 1.32 bits per heavy atom. The summed E-state index contributed by atoms with van der Waals surface area (Å²) in [5, 5.41) is 30.9. The van der Waals surface area contributed by atoms with E-state index >= 15 is 0 Å². The Morgan fingerprint density at radius 1 is 0.441 bits per heavy atom. The predicted molar refractivity (Wildman–Crippen MR) is 449 cm³/mol. The molecule has 0 bridgehead atoms. The fourth-order valence-electron chi connectivity index (χ4n) is 11.8. The number of furan rings is 1. The minimum atomic E-state index is -0.214. The predicted octanol–water partition coefficient (Wildman–Crippen LogP) is 26.3. The Balaban J connectivity index is 0.000000202. The molecule has 0 unspecified atom stereocenters. The van der Waals surface area contributed by atoms with Crippen molar-refractivity contribution in [2.45, 2.75) is 108 Å². The quantitative estimate of drug-likeness (QED) is 0.0682. The van der Waals surface area contributed by atoms with Gasteiger partial charge in [-0.3, -0.25) is 14.4 Å². The number of benzene rings is 8. The Bertz CT molecular complexity index is 5740. The van der Waals surface area contributed by atoms with Crippen LogP contribution in [0.25, 0.3) is 128 Å². The average Bonchev–Trinajstić information content (AvgIpc) is 1.63. The maximum Gasteiger partial charge on any atom is 0.155 e. The van der Waals surface area contributed by atoms with Crippen molar-refractivity contribution in [2.24, 2.45) is 0 Å². The number of fused-ring (bicyclic) bond motifs is 6. The zero-order valence-electron chi connectivity index (χ0n) is 64.0. The van der Waals surface area contributed by atoms with Gasteiger partial charge in [0.15, 0.2) is 17.3 Å². The van der Waals surface area contributed by atoms with Crippen molar-refractivity contribution in [2.75, 3.05) is 0 Å². The molecule has 3 radical (unpaired) electrons. The summed E-state index contributed by atoms with van der Waals surface area (Å²) < 4.78 is 22.9. The summed E-state index contributed by atoms with van der Waals surface area (Å²) in [4.78, 5) is 48.0. The molecular formula is C94H85FIr3N3O7S3-3. The fourth-order valence-corrected chi connectivity index (χ4v) is 15.1. The van der Waals surface area contributed by atoms with Crippen molar-refractivity contribution in [3.63, 3.8) is 0 Å². The molecule has 0 aliphatic carbocycles. The average molecular weight is 2060 g/mol. The van der Waals surface area contributed by atoms with Crippen LogP contribution in [0.15, 0.2) is 265 Å². The van der Waals surface area contributed by atoms with E-state index in [0.29, 0.717) is 0 Å². The van der Waals surface area contributed by atoms with Crippen molar-refractivity contribution >= 4 is 104 Å². The summed E-state index contributed by atoms with van der Waals surface area (Å²) in [6.07, 6.45) is 9.41. The van der Waals surface area contributed by atoms with Gasteiger partial charge >= 0.3 is 0 Å². The molecule has 0 fully saturated rings. The molecule has 0 atom stereocenters. The first kappa shape index (κ1) is 88.6. The zero-order valence-corrected chi connectivity index (χ0v) is 73.6. The van der Waals surface area contributed by atoms with Crippen LogP contribution in [0.2, 0.25) is 0 Å². The van der Waals surface area contributed by atoms with E-state index in [2.05, 4.69) is 230 Å². The largest absolute Gasteiger partial charge is 0.512 e. The molecule has 0 aliphatic rings. The summed E-state index contributed by atoms with van der Waals surface area (Å²) in [7, 11) is 0. The van der Waals surface area contributed by atoms with Crippen LogP contribution in [-0.4, -0.2) is 47.6 Å². The number of aliphatic hydroxyl groups is 3. The minimum absolute atomic E-state index is 0. The smallest absolute Gasteiger partial charge is 0.155 e. The normalized spacial score (nSPS) is 11.4. The number of carbonyl (C=O) groups excluding carboxylic acids is 3. The Hall–Kier alpha value is -9.60. The summed E-state index contributed by atoms with van der Waals surface area (Å²) in [5.74, 6) is -0.402. The number of hydrogen-bond acceptors (Lipinski definition) is 13. The number of pyridine rings is 3. The molecular weight excluding hydrogens is 1970 g/mol. The van der Waals surface area contributed by atoms with E-state index in [4.69, 9.17) is 29.7 Å². The van der Waals surface area contributed by atoms with Gasteiger partial charge in [0.05, 0.1) is 37.0 Å². The van der Waals surface area contributed by atoms with E-state index in [1.54, 1.807) is 22.7 Å². The molecule has 15 aromatic rings. The molecule has 17 heteroatoms. The fraction of sp³-hybridized carbons (Fsp3) is 0.170. The molecule has 0 amide bonds. The first-order chi connectivity index (χ1) is 51.4. The van der Waals surface area contributed by atoms with Crippen LogP contribution < -0.4 is 0 Å². The summed E-state index contributed by atoms with van der Waals surface area (Å²) in [6, 6.07) is 80.7. The van der Waals surface area contributed by atoms with Crippen molar-refractivity contribution in [3.8, 4) is 76.2 Å². The molecule has 0 saturated carbocycles. The van der Waals surface area contributed by atoms with Gasteiger partial charge in [0.2, 0.25) is 0 Å². The molecule has 0 saturated heterocycles. The van der Waals surface area contributed by atoms with Gasteiger partial charge in [-0.1, -0.05) is 206 Å². The van der Waals surface area contributed by atoms with Crippen LogP contribution in [0, 0.1) is 37.9 Å². The van der Waals surface area contributed by atoms with Crippen molar-refractivity contribution < 1.29 is 98.8 Å². The summed E-state index contributed by atoms with van der Waals surface area (Å²) in [6.45, 7) is 26.1. The number of halogens is 1. The van der Waals surface area contributed by atoms with Crippen LogP contribution in [0.5, 0.6) is 0 Å². The third-order valence-electron chi connectivity index (χ3n) is 16.8. The van der Waals surface area contributed by atoms with Crippen LogP contribution >= 0.6 is 34.0 Å². The number of aryl methyl sites for hydroxylation is 2. The molecule has 15 rings (SSSR count). The number of thiophene rings is 3. The van der Waals surface area contributed by atoms with Gasteiger partial charge in [-0.2, -0.15) is 0 Å². The van der Waals surface area contributed by atoms with Crippen molar-refractivity contribution in [1.29, 1.82) is 0 Å². The Kier molecular flexibility index (Phi) is 32.0. The standard InChI is InChI=1S/C30H26NS.C25H14NOS.C24H21FNS.3C5H8O2.3Ir/c1-20-15-23(17-24(16-20)30(2,3)4)26-18-25-27(19-31-26)32-29(22-13-9-6-10-14-22)28(25)21-11-7-5-8-12-21;1-2-7-16(8-3-1)23-14-17-13-21(26-15-24(17)28-23)20-11-6-10-19-18-9-4-5-12-22(18)27-25(19)20;1-15-9-17(11-19(10-15)24(2,3)4)21-12-18-13-22(27-23(18)14-26-21)16-5-7-20(25)8-6-16;3*1-4(6)3-5(2)7;;;/h5-14,16-19H,1-4H3;1-10,12-15H;5-8,10-14H,1-4H3;3*3,6H,1-2H3;;;/q3*-1;;;;;;. The van der Waals surface area contributed by atoms with E-state index in [1.807, 2.05) is 72.4 Å². The van der Waals surface area contributed by atoms with Crippen LogP contribution in [0.3, 0.4) is 0 Å². The summed E-state index contributed by atoms with van der Waals surface area (Å²) in [5.41, 5.74) is 18.5. The van der Waals surface area contributed by atoms with Crippen LogP contribution in [0.1, 0.15) is 105 Å². The van der Waals surface area contributed by atoms with E-state index in [9.17, 15) is 18.8 Å². The number of para-hydroxylation sites is 1. The molecule has 7 heterocycles. The molecule has 0 spiro atoms. The number of nitrogens with zero attached hydrogens (tertiary/aromatic N) is 3. The molecule has 3 N–H and O–H groups in total. The number of allylic oxidation sites excluding steroid dienone is 6. The molecule has 10 nitrogen and oxygen atoms in total. The second kappa shape index (κ2) is 40.0. The topological polar surface area (TPSA) is 164 Å². The molecule has 573 valence electrons. The number of hydrogen-bond donors (Lipinski definition) is 3. The van der Waals surface area contributed by atoms with E-state index in [1.165, 1.54) is 135 Å². The van der Waals surface area contributed by atoms with Gasteiger partial charge in [0.1, 0.15) is 11.4 Å². The molecule has 8 aromatic carbocycles. The van der Waals surface area contributed by atoms with Gasteiger partial charge in [0, 0.05) is 123 Å². The van der Waals surface area contributed by atoms with E-state index in [0.717, 1.165) is 87.4 Å². The SMILES string of the molecule is CC(=O)C=C(C)O.CC(=O)C=C(C)O.CC(=O)C=C(C)O.Cc1[c-]c(-c2cc3c(-c4ccccc4)c(-c4ccccc4)sc3cn2)cc(C(C)(C)C)c1.Cc1[c-]c(-c2cc3cc(-c4ccc(F)cc4)sc3cn2)cc(C(C)(C)C)c1.[Ir].[Ir].[Ir].[c-]1ccc2c(oc3ccccc32)c1-c1cc2cc(-c3ccccc3)sc2cn1. The van der Waals surface area contributed by atoms with Crippen molar-refractivity contribution in [1.82, 2.24) is 15.0 Å². The Labute approximate surface area is 701 Å². The zero-order chi connectivity index (χ0) is 77.6. The first-order valence-corrected chi connectivity index (χ1v) is 37.6. The minimum Gasteiger partial charge on any atom is -0.512 e. The van der Waals surface area contributed by atoms with Gasteiger partial charge in [-0.15, -0.1) is 122 Å². The number of carbonyl (C=O) groups is 3. The van der Waals surface area contributed by atoms with E-state index < -0.39 is 0 Å². The maximum atomic E-state index is 13.2. The number of ketones is 3.